The van der Waals surface area contributed by atoms with E-state index in [0.29, 0.717) is 12.0 Å². The molecule has 114 valence electrons. The van der Waals surface area contributed by atoms with E-state index in [4.69, 9.17) is 0 Å². The first kappa shape index (κ1) is 14.5. The third-order valence-electron chi connectivity index (χ3n) is 4.39. The van der Waals surface area contributed by atoms with E-state index in [1.54, 1.807) is 23.9 Å². The highest BCUT2D eigenvalue weighted by molar-refractivity contribution is 5.80. The molecule has 0 aliphatic heterocycles. The Balaban J connectivity index is 2.07. The SMILES string of the molecule is Cc1c(F)cccc1C1C=C(c2ccnn2C)CC1C(=O)O. The van der Waals surface area contributed by atoms with Crippen LogP contribution >= 0.6 is 0 Å². The predicted octanol–water partition coefficient (Wildman–Crippen LogP) is 3.14. The average molecular weight is 300 g/mol. The number of halogens is 1. The zero-order chi connectivity index (χ0) is 15.9. The summed E-state index contributed by atoms with van der Waals surface area (Å²) in [5, 5.41) is 13.7. The molecule has 4 nitrogen and oxygen atoms in total. The van der Waals surface area contributed by atoms with Gasteiger partial charge in [0.15, 0.2) is 0 Å². The third kappa shape index (κ3) is 2.32. The van der Waals surface area contributed by atoms with E-state index in [1.165, 1.54) is 6.07 Å². The number of aromatic nitrogens is 2. The maximum atomic E-state index is 13.8. The monoisotopic (exact) mass is 300 g/mol. The number of benzene rings is 1. The number of carboxylic acid groups (broad SMARTS) is 1. The summed E-state index contributed by atoms with van der Waals surface area (Å²) in [6.07, 6.45) is 4.06. The molecular weight excluding hydrogens is 283 g/mol. The molecule has 1 aliphatic carbocycles. The summed E-state index contributed by atoms with van der Waals surface area (Å²) >= 11 is 0. The number of allylic oxidation sites excluding steroid dienone is 2. The lowest BCUT2D eigenvalue weighted by Crippen LogP contribution is -2.18. The van der Waals surface area contributed by atoms with E-state index < -0.39 is 11.9 Å². The number of carboxylic acids is 1. The fourth-order valence-corrected chi connectivity index (χ4v) is 3.18. The van der Waals surface area contributed by atoms with Gasteiger partial charge in [0, 0.05) is 19.2 Å². The van der Waals surface area contributed by atoms with E-state index in [2.05, 4.69) is 5.10 Å². The van der Waals surface area contributed by atoms with Crippen molar-refractivity contribution >= 4 is 11.5 Å². The molecule has 22 heavy (non-hydrogen) atoms. The summed E-state index contributed by atoms with van der Waals surface area (Å²) in [4.78, 5) is 11.6. The molecule has 2 atom stereocenters. The first-order valence-electron chi connectivity index (χ1n) is 7.16. The highest BCUT2D eigenvalue weighted by atomic mass is 19.1. The molecular formula is C17H17FN2O2. The average Bonchev–Trinajstić information content (AvgIpc) is 3.07. The molecule has 3 rings (SSSR count). The normalized spacial score (nSPS) is 21.0. The standard InChI is InChI=1S/C17H17FN2O2/c1-10-12(4-3-5-15(10)18)13-8-11(9-14(13)17(21)22)16-6-7-19-20(16)2/h3-8,13-14H,9H2,1-2H3,(H,21,22). The molecule has 0 bridgehead atoms. The Morgan fingerprint density at radius 2 is 2.18 bits per heavy atom. The van der Waals surface area contributed by atoms with Crippen molar-refractivity contribution in [1.29, 1.82) is 0 Å². The zero-order valence-electron chi connectivity index (χ0n) is 12.5. The smallest absolute Gasteiger partial charge is 0.307 e. The summed E-state index contributed by atoms with van der Waals surface area (Å²) in [7, 11) is 1.83. The Morgan fingerprint density at radius 3 is 2.82 bits per heavy atom. The minimum atomic E-state index is -0.859. The summed E-state index contributed by atoms with van der Waals surface area (Å²) in [5.41, 5.74) is 3.11. The summed E-state index contributed by atoms with van der Waals surface area (Å²) < 4.78 is 15.5. The van der Waals surface area contributed by atoms with Crippen LogP contribution in [0.3, 0.4) is 0 Å². The molecule has 0 saturated heterocycles. The highest BCUT2D eigenvalue weighted by Gasteiger charge is 2.36. The van der Waals surface area contributed by atoms with E-state index in [9.17, 15) is 14.3 Å². The molecule has 1 aliphatic rings. The van der Waals surface area contributed by atoms with Crippen LogP contribution in [-0.4, -0.2) is 20.9 Å². The molecule has 2 unspecified atom stereocenters. The van der Waals surface area contributed by atoms with Crippen molar-refractivity contribution in [1.82, 2.24) is 9.78 Å². The van der Waals surface area contributed by atoms with E-state index in [-0.39, 0.29) is 11.7 Å². The van der Waals surface area contributed by atoms with Crippen molar-refractivity contribution < 1.29 is 14.3 Å². The third-order valence-corrected chi connectivity index (χ3v) is 4.39. The molecule has 5 heteroatoms. The quantitative estimate of drug-likeness (QED) is 0.947. The van der Waals surface area contributed by atoms with Gasteiger partial charge < -0.3 is 5.11 Å². The fourth-order valence-electron chi connectivity index (χ4n) is 3.18. The van der Waals surface area contributed by atoms with Crippen molar-refractivity contribution in [2.45, 2.75) is 19.3 Å². The molecule has 0 fully saturated rings. The van der Waals surface area contributed by atoms with Crippen molar-refractivity contribution in [2.24, 2.45) is 13.0 Å². The van der Waals surface area contributed by atoms with Gasteiger partial charge in [-0.25, -0.2) is 4.39 Å². The van der Waals surface area contributed by atoms with Crippen LogP contribution < -0.4 is 0 Å². The van der Waals surface area contributed by atoms with Crippen LogP contribution in [0.25, 0.3) is 5.57 Å². The lowest BCUT2D eigenvalue weighted by Gasteiger charge is -2.18. The maximum Gasteiger partial charge on any atom is 0.307 e. The van der Waals surface area contributed by atoms with E-state index in [1.807, 2.05) is 25.3 Å². The number of hydrogen-bond acceptors (Lipinski definition) is 2. The van der Waals surface area contributed by atoms with Gasteiger partial charge in [-0.05, 0) is 42.2 Å². The van der Waals surface area contributed by atoms with Gasteiger partial charge in [-0.3, -0.25) is 9.48 Å². The van der Waals surface area contributed by atoms with Crippen LogP contribution in [0.1, 0.15) is 29.2 Å². The maximum absolute atomic E-state index is 13.8. The second kappa shape index (κ2) is 5.40. The van der Waals surface area contributed by atoms with Gasteiger partial charge in [0.2, 0.25) is 0 Å². The lowest BCUT2D eigenvalue weighted by molar-refractivity contribution is -0.141. The van der Waals surface area contributed by atoms with Crippen LogP contribution in [0.15, 0.2) is 36.5 Å². The predicted molar refractivity (Wildman–Crippen MR) is 80.8 cm³/mol. The Kier molecular flexibility index (Phi) is 3.56. The van der Waals surface area contributed by atoms with Crippen molar-refractivity contribution in [3.63, 3.8) is 0 Å². The number of aliphatic carboxylic acids is 1. The highest BCUT2D eigenvalue weighted by Crippen LogP contribution is 2.43. The molecule has 2 aromatic rings. The minimum Gasteiger partial charge on any atom is -0.481 e. The number of rotatable bonds is 3. The number of aryl methyl sites for hydroxylation is 1. The van der Waals surface area contributed by atoms with Crippen LogP contribution in [0.4, 0.5) is 4.39 Å². The molecule has 0 saturated carbocycles. The van der Waals surface area contributed by atoms with Crippen molar-refractivity contribution in [3.05, 3.63) is 59.2 Å². The van der Waals surface area contributed by atoms with Gasteiger partial charge in [-0.1, -0.05) is 18.2 Å². The first-order valence-corrected chi connectivity index (χ1v) is 7.16. The second-order valence-corrected chi connectivity index (χ2v) is 5.66. The van der Waals surface area contributed by atoms with Crippen LogP contribution in [0, 0.1) is 18.7 Å². The molecule has 0 spiro atoms. The summed E-state index contributed by atoms with van der Waals surface area (Å²) in [6.45, 7) is 1.69. The van der Waals surface area contributed by atoms with Crippen LogP contribution in [0.2, 0.25) is 0 Å². The molecule has 1 aromatic heterocycles. The minimum absolute atomic E-state index is 0.302. The number of hydrogen-bond donors (Lipinski definition) is 1. The van der Waals surface area contributed by atoms with Gasteiger partial charge in [0.1, 0.15) is 5.82 Å². The molecule has 0 amide bonds. The largest absolute Gasteiger partial charge is 0.481 e. The van der Waals surface area contributed by atoms with Crippen LogP contribution in [0.5, 0.6) is 0 Å². The Bertz CT molecular complexity index is 764. The van der Waals surface area contributed by atoms with Crippen LogP contribution in [-0.2, 0) is 11.8 Å². The first-order chi connectivity index (χ1) is 10.5. The lowest BCUT2D eigenvalue weighted by atomic mass is 9.86. The van der Waals surface area contributed by atoms with Gasteiger partial charge in [0.05, 0.1) is 11.6 Å². The molecule has 1 heterocycles. The second-order valence-electron chi connectivity index (χ2n) is 5.66. The Morgan fingerprint density at radius 1 is 1.41 bits per heavy atom. The summed E-state index contributed by atoms with van der Waals surface area (Å²) in [5.74, 6) is -2.06. The van der Waals surface area contributed by atoms with Gasteiger partial charge in [-0.15, -0.1) is 0 Å². The zero-order valence-corrected chi connectivity index (χ0v) is 12.5. The van der Waals surface area contributed by atoms with E-state index >= 15 is 0 Å². The van der Waals surface area contributed by atoms with E-state index in [0.717, 1.165) is 16.8 Å². The fraction of sp³-hybridized carbons (Fsp3) is 0.294. The topological polar surface area (TPSA) is 55.1 Å². The number of carbonyl (C=O) groups is 1. The Hall–Kier alpha value is -2.43. The van der Waals surface area contributed by atoms with Gasteiger partial charge in [0.25, 0.3) is 0 Å². The van der Waals surface area contributed by atoms with Gasteiger partial charge in [-0.2, -0.15) is 5.10 Å². The molecule has 1 N–H and O–H groups in total. The number of nitrogens with zero attached hydrogens (tertiary/aromatic N) is 2. The Labute approximate surface area is 127 Å². The molecule has 1 aromatic carbocycles. The van der Waals surface area contributed by atoms with Crippen molar-refractivity contribution in [3.8, 4) is 0 Å². The summed E-state index contributed by atoms with van der Waals surface area (Å²) in [6, 6.07) is 6.70. The molecule has 0 radical (unpaired) electrons. The van der Waals surface area contributed by atoms with Gasteiger partial charge >= 0.3 is 5.97 Å². The van der Waals surface area contributed by atoms with Crippen molar-refractivity contribution in [2.75, 3.05) is 0 Å².